The Bertz CT molecular complexity index is 1300. The van der Waals surface area contributed by atoms with Crippen molar-refractivity contribution in [2.24, 2.45) is 0 Å². The monoisotopic (exact) mass is 946 g/mol. The molecular weight excluding hydrogens is 840 g/mol. The van der Waals surface area contributed by atoms with Gasteiger partial charge in [0, 0.05) is 6.42 Å². The number of aliphatic hydroxyl groups excluding tert-OH is 1. The number of likely N-dealkylation sites (N-methyl/N-ethyl adjacent to an activating group) is 1. The lowest BCUT2D eigenvalue weighted by Gasteiger charge is -2.25. The summed E-state index contributed by atoms with van der Waals surface area (Å²) in [6.07, 6.45) is 66.2. The zero-order chi connectivity index (χ0) is 48.5. The van der Waals surface area contributed by atoms with Gasteiger partial charge in [-0.3, -0.25) is 13.8 Å². The number of rotatable bonds is 49. The molecule has 0 aliphatic rings. The molecule has 1 amide bonds. The summed E-state index contributed by atoms with van der Waals surface area (Å²) in [7, 11) is 1.54. The molecule has 0 rings (SSSR count). The minimum atomic E-state index is -4.35. The van der Waals surface area contributed by atoms with Gasteiger partial charge in [-0.1, -0.05) is 221 Å². The van der Waals surface area contributed by atoms with E-state index in [4.69, 9.17) is 9.05 Å². The maximum Gasteiger partial charge on any atom is 0.472 e. The largest absolute Gasteiger partial charge is 0.472 e. The van der Waals surface area contributed by atoms with Gasteiger partial charge in [0.25, 0.3) is 0 Å². The molecule has 3 unspecified atom stereocenters. The number of allylic oxidation sites excluding steroid dienone is 11. The molecule has 0 aromatic heterocycles. The van der Waals surface area contributed by atoms with Crippen LogP contribution < -0.4 is 5.32 Å². The molecule has 9 heteroatoms. The second kappa shape index (κ2) is 48.0. The summed E-state index contributed by atoms with van der Waals surface area (Å²) in [5.74, 6) is -0.194. The van der Waals surface area contributed by atoms with Crippen molar-refractivity contribution in [3.8, 4) is 0 Å². The Labute approximate surface area is 408 Å². The quantitative estimate of drug-likeness (QED) is 0.0243. The zero-order valence-electron chi connectivity index (χ0n) is 43.7. The van der Waals surface area contributed by atoms with Crippen LogP contribution in [0.25, 0.3) is 0 Å². The van der Waals surface area contributed by atoms with Gasteiger partial charge in [0.15, 0.2) is 0 Å². The van der Waals surface area contributed by atoms with Crippen LogP contribution in [0.2, 0.25) is 0 Å². The van der Waals surface area contributed by atoms with E-state index >= 15 is 0 Å². The van der Waals surface area contributed by atoms with E-state index in [0.29, 0.717) is 17.4 Å². The van der Waals surface area contributed by atoms with Gasteiger partial charge in [0.1, 0.15) is 13.2 Å². The number of amides is 1. The Morgan fingerprint density at radius 2 is 0.939 bits per heavy atom. The number of aliphatic hydroxyl groups is 1. The highest BCUT2D eigenvalue weighted by molar-refractivity contribution is 7.47. The Morgan fingerprint density at radius 3 is 1.39 bits per heavy atom. The number of carbonyl (C=O) groups is 1. The molecule has 66 heavy (non-hydrogen) atoms. The van der Waals surface area contributed by atoms with Crippen molar-refractivity contribution in [3.05, 3.63) is 72.9 Å². The molecule has 0 radical (unpaired) electrons. The normalized spacial score (nSPS) is 14.6. The van der Waals surface area contributed by atoms with Crippen molar-refractivity contribution in [1.82, 2.24) is 5.32 Å². The summed E-state index contributed by atoms with van der Waals surface area (Å²) in [5.41, 5.74) is 0. The first-order valence-corrected chi connectivity index (χ1v) is 28.8. The van der Waals surface area contributed by atoms with Crippen molar-refractivity contribution < 1.29 is 32.9 Å². The second-order valence-electron chi connectivity index (χ2n) is 19.6. The van der Waals surface area contributed by atoms with E-state index in [1.165, 1.54) is 154 Å². The van der Waals surface area contributed by atoms with Crippen LogP contribution in [-0.4, -0.2) is 73.4 Å². The third-order valence-electron chi connectivity index (χ3n) is 12.0. The molecule has 0 heterocycles. The van der Waals surface area contributed by atoms with Gasteiger partial charge in [-0.15, -0.1) is 0 Å². The van der Waals surface area contributed by atoms with Crippen LogP contribution in [0.3, 0.4) is 0 Å². The molecule has 3 N–H and O–H groups in total. The number of nitrogens with zero attached hydrogens (tertiary/aromatic N) is 1. The van der Waals surface area contributed by atoms with Crippen molar-refractivity contribution in [2.45, 2.75) is 244 Å². The number of quaternary nitrogens is 1. The van der Waals surface area contributed by atoms with Gasteiger partial charge in [0.2, 0.25) is 5.91 Å². The fourth-order valence-electron chi connectivity index (χ4n) is 7.68. The first-order valence-electron chi connectivity index (χ1n) is 27.3. The number of nitrogens with one attached hydrogen (secondary N) is 1. The Balaban J connectivity index is 3.92. The molecule has 0 aromatic carbocycles. The van der Waals surface area contributed by atoms with Gasteiger partial charge < -0.3 is 19.8 Å². The van der Waals surface area contributed by atoms with Crippen LogP contribution in [0.4, 0.5) is 0 Å². The zero-order valence-corrected chi connectivity index (χ0v) is 44.6. The molecule has 0 aromatic rings. The van der Waals surface area contributed by atoms with Crippen molar-refractivity contribution >= 4 is 13.7 Å². The van der Waals surface area contributed by atoms with E-state index in [2.05, 4.69) is 73.0 Å². The van der Waals surface area contributed by atoms with Crippen LogP contribution >= 0.6 is 7.82 Å². The van der Waals surface area contributed by atoms with Gasteiger partial charge >= 0.3 is 7.82 Å². The maximum absolute atomic E-state index is 12.9. The minimum Gasteiger partial charge on any atom is -0.387 e. The van der Waals surface area contributed by atoms with E-state index in [0.717, 1.165) is 57.8 Å². The fourth-order valence-corrected chi connectivity index (χ4v) is 8.41. The fraction of sp³-hybridized carbons (Fsp3) is 0.772. The molecule has 3 atom stereocenters. The predicted octanol–water partition coefficient (Wildman–Crippen LogP) is 16.3. The Kier molecular flexibility index (Phi) is 46.5. The lowest BCUT2D eigenvalue weighted by Crippen LogP contribution is -2.45. The van der Waals surface area contributed by atoms with E-state index < -0.39 is 20.0 Å². The summed E-state index contributed by atoms with van der Waals surface area (Å²) < 4.78 is 23.5. The molecule has 0 saturated carbocycles. The lowest BCUT2D eigenvalue weighted by molar-refractivity contribution is -0.870. The summed E-state index contributed by atoms with van der Waals surface area (Å²) in [6, 6.07) is -0.869. The highest BCUT2D eigenvalue weighted by Crippen LogP contribution is 2.43. The molecule has 0 saturated heterocycles. The van der Waals surface area contributed by atoms with Crippen molar-refractivity contribution in [2.75, 3.05) is 40.9 Å². The molecule has 0 aliphatic carbocycles. The molecule has 384 valence electrons. The van der Waals surface area contributed by atoms with Gasteiger partial charge in [-0.05, 0) is 77.6 Å². The first kappa shape index (κ1) is 63.9. The van der Waals surface area contributed by atoms with Crippen molar-refractivity contribution in [1.29, 1.82) is 0 Å². The molecule has 0 bridgehead atoms. The van der Waals surface area contributed by atoms with E-state index in [-0.39, 0.29) is 19.1 Å². The lowest BCUT2D eigenvalue weighted by atomic mass is 10.0. The van der Waals surface area contributed by atoms with E-state index in [9.17, 15) is 19.4 Å². The predicted molar refractivity (Wildman–Crippen MR) is 286 cm³/mol. The van der Waals surface area contributed by atoms with Crippen LogP contribution in [0, 0.1) is 0 Å². The first-order chi connectivity index (χ1) is 32.0. The summed E-state index contributed by atoms with van der Waals surface area (Å²) >= 11 is 0. The summed E-state index contributed by atoms with van der Waals surface area (Å²) in [6.45, 7) is 4.54. The molecule has 8 nitrogen and oxygen atoms in total. The van der Waals surface area contributed by atoms with Crippen LogP contribution in [0.1, 0.15) is 232 Å². The smallest absolute Gasteiger partial charge is 0.387 e. The van der Waals surface area contributed by atoms with Crippen LogP contribution in [0.15, 0.2) is 72.9 Å². The number of phosphoric acid groups is 1. The highest BCUT2D eigenvalue weighted by Gasteiger charge is 2.27. The van der Waals surface area contributed by atoms with E-state index in [1.807, 2.05) is 34.1 Å². The third kappa shape index (κ3) is 49.8. The SMILES string of the molecule is C/C=C/CC/C=C/CC/C=C/C(O)C(COP(=O)(O)OCC[N+](C)(C)C)NC(=O)CCCCCCCCCCCCCCCCCCCCCC/C=C\C/C=C\C/C=C\CCCCCCC. The average molecular weight is 946 g/mol. The van der Waals surface area contributed by atoms with Gasteiger partial charge in [-0.25, -0.2) is 4.57 Å². The maximum atomic E-state index is 12.9. The molecule has 0 spiro atoms. The summed E-state index contributed by atoms with van der Waals surface area (Å²) in [5, 5.41) is 13.8. The third-order valence-corrected chi connectivity index (χ3v) is 13.0. The second-order valence-corrected chi connectivity index (χ2v) is 21.1. The number of unbranched alkanes of at least 4 members (excludes halogenated alkanes) is 27. The number of carbonyl (C=O) groups excluding carboxylic acids is 1. The molecule has 0 fully saturated rings. The van der Waals surface area contributed by atoms with Crippen LogP contribution in [-0.2, 0) is 18.4 Å². The number of phosphoric ester groups is 1. The summed E-state index contributed by atoms with van der Waals surface area (Å²) in [4.78, 5) is 23.1. The van der Waals surface area contributed by atoms with Gasteiger partial charge in [0.05, 0.1) is 39.9 Å². The Morgan fingerprint density at radius 1 is 0.545 bits per heavy atom. The molecular formula is C57H106N2O6P+. The van der Waals surface area contributed by atoms with Crippen LogP contribution in [0.5, 0.6) is 0 Å². The number of hydrogen-bond donors (Lipinski definition) is 3. The molecule has 0 aliphatic heterocycles. The van der Waals surface area contributed by atoms with Crippen molar-refractivity contribution in [3.63, 3.8) is 0 Å². The Hall–Kier alpha value is -2.06. The number of hydrogen-bond acceptors (Lipinski definition) is 5. The topological polar surface area (TPSA) is 105 Å². The van der Waals surface area contributed by atoms with E-state index in [1.54, 1.807) is 6.08 Å². The minimum absolute atomic E-state index is 0.0518. The average Bonchev–Trinajstić information content (AvgIpc) is 3.28. The highest BCUT2D eigenvalue weighted by atomic mass is 31.2. The standard InChI is InChI=1S/C57H105N2O6P/c1-6-8-10-12-14-16-17-18-19-20-21-22-23-24-25-26-27-28-29-30-31-32-33-34-35-36-37-38-39-40-41-43-45-47-49-51-57(61)58-55(54-65-66(62,63)64-53-52-59(3,4)5)56(60)50-48-46-44-42-15-13-11-9-7-2/h7,9,15,17-18,20-21,23-24,42,48,50,55-56,60H,6,8,10-14,16,19,22,25-41,43-47,49,51-54H2,1-5H3,(H-,58,61,62,63)/p+1/b9-7+,18-17-,21-20-,24-23-,42-15+,50-48+. The van der Waals surface area contributed by atoms with Gasteiger partial charge in [-0.2, -0.15) is 0 Å².